The number of terminal acetylenes is 1. The minimum Gasteiger partial charge on any atom is -0.299 e. The minimum atomic E-state index is -0.126. The van der Waals surface area contributed by atoms with E-state index in [0.29, 0.717) is 0 Å². The van der Waals surface area contributed by atoms with Crippen LogP contribution in [0.3, 0.4) is 0 Å². The van der Waals surface area contributed by atoms with E-state index in [2.05, 4.69) is 26.6 Å². The van der Waals surface area contributed by atoms with E-state index in [9.17, 15) is 0 Å². The van der Waals surface area contributed by atoms with E-state index in [-0.39, 0.29) is 6.04 Å². The first-order valence-corrected chi connectivity index (χ1v) is 3.43. The maximum atomic E-state index is 5.26. The summed E-state index contributed by atoms with van der Waals surface area (Å²) < 4.78 is 0. The number of rotatable bonds is 3. The smallest absolute Gasteiger partial charge is 0.115 e. The van der Waals surface area contributed by atoms with Gasteiger partial charge in [0.15, 0.2) is 0 Å². The van der Waals surface area contributed by atoms with Crippen molar-refractivity contribution in [2.75, 3.05) is 6.54 Å². The van der Waals surface area contributed by atoms with Crippen LogP contribution in [-0.2, 0) is 0 Å². The zero-order valence-electron chi connectivity index (χ0n) is 6.33. The van der Waals surface area contributed by atoms with E-state index < -0.39 is 0 Å². The Balaban J connectivity index is 2.65. The van der Waals surface area contributed by atoms with Gasteiger partial charge in [0.1, 0.15) is 11.7 Å². The molecular weight excluding hydrogens is 140 g/mol. The van der Waals surface area contributed by atoms with E-state index in [4.69, 9.17) is 6.42 Å². The highest BCUT2D eigenvalue weighted by molar-refractivity contribution is 5.13. The molecule has 1 heterocycles. The molecule has 0 saturated carbocycles. The van der Waals surface area contributed by atoms with Crippen molar-refractivity contribution in [1.29, 1.82) is 0 Å². The lowest BCUT2D eigenvalue weighted by Gasteiger charge is -2.05. The molecule has 1 unspecified atom stereocenters. The van der Waals surface area contributed by atoms with Crippen LogP contribution in [0.5, 0.6) is 0 Å². The molecular formula is C7H10N4. The first-order valence-electron chi connectivity index (χ1n) is 3.43. The van der Waals surface area contributed by atoms with E-state index in [0.717, 1.165) is 12.2 Å². The summed E-state index contributed by atoms with van der Waals surface area (Å²) in [7, 11) is 0. The molecule has 4 heteroatoms. The summed E-state index contributed by atoms with van der Waals surface area (Å²) in [6.45, 7) is 2.81. The number of nitrogens with zero attached hydrogens (tertiary/aromatic N) is 2. The fraction of sp³-hybridized carbons (Fsp3) is 0.429. The zero-order valence-corrected chi connectivity index (χ0v) is 6.33. The van der Waals surface area contributed by atoms with Crippen molar-refractivity contribution < 1.29 is 0 Å². The van der Waals surface area contributed by atoms with Gasteiger partial charge in [0.2, 0.25) is 0 Å². The van der Waals surface area contributed by atoms with Crippen LogP contribution in [0.4, 0.5) is 0 Å². The van der Waals surface area contributed by atoms with Crippen molar-refractivity contribution in [2.24, 2.45) is 0 Å². The van der Waals surface area contributed by atoms with Gasteiger partial charge in [-0.25, -0.2) is 0 Å². The molecule has 58 valence electrons. The highest BCUT2D eigenvalue weighted by Crippen LogP contribution is 2.04. The van der Waals surface area contributed by atoms with E-state index in [1.807, 2.05) is 6.92 Å². The quantitative estimate of drug-likeness (QED) is 0.600. The average molecular weight is 150 g/mol. The van der Waals surface area contributed by atoms with Crippen LogP contribution in [0.2, 0.25) is 0 Å². The molecule has 11 heavy (non-hydrogen) atoms. The Hall–Kier alpha value is -1.34. The Morgan fingerprint density at radius 2 is 2.73 bits per heavy atom. The third-order valence-electron chi connectivity index (χ3n) is 1.30. The largest absolute Gasteiger partial charge is 0.299 e. The first kappa shape index (κ1) is 7.76. The fourth-order valence-corrected chi connectivity index (χ4v) is 0.803. The SMILES string of the molecule is C#CC(NCC)c1cn[nH]n1. The minimum absolute atomic E-state index is 0.126. The lowest BCUT2D eigenvalue weighted by molar-refractivity contribution is 0.646. The molecule has 4 nitrogen and oxygen atoms in total. The lowest BCUT2D eigenvalue weighted by Crippen LogP contribution is -2.19. The van der Waals surface area contributed by atoms with Gasteiger partial charge in [-0.3, -0.25) is 5.32 Å². The third-order valence-corrected chi connectivity index (χ3v) is 1.30. The molecule has 1 atom stereocenters. The summed E-state index contributed by atoms with van der Waals surface area (Å²) >= 11 is 0. The topological polar surface area (TPSA) is 53.6 Å². The maximum Gasteiger partial charge on any atom is 0.115 e. The summed E-state index contributed by atoms with van der Waals surface area (Å²) in [4.78, 5) is 0. The second-order valence-corrected chi connectivity index (χ2v) is 2.05. The number of hydrogen-bond donors (Lipinski definition) is 2. The third kappa shape index (κ3) is 1.79. The van der Waals surface area contributed by atoms with Crippen molar-refractivity contribution in [3.8, 4) is 12.3 Å². The van der Waals surface area contributed by atoms with E-state index in [1.165, 1.54) is 0 Å². The monoisotopic (exact) mass is 150 g/mol. The highest BCUT2D eigenvalue weighted by Gasteiger charge is 2.07. The van der Waals surface area contributed by atoms with Crippen LogP contribution >= 0.6 is 0 Å². The Kier molecular flexibility index (Phi) is 2.64. The van der Waals surface area contributed by atoms with Gasteiger partial charge >= 0.3 is 0 Å². The number of aromatic nitrogens is 3. The van der Waals surface area contributed by atoms with Gasteiger partial charge in [-0.2, -0.15) is 15.4 Å². The first-order chi connectivity index (χ1) is 5.38. The van der Waals surface area contributed by atoms with Crippen molar-refractivity contribution in [3.63, 3.8) is 0 Å². The van der Waals surface area contributed by atoms with Gasteiger partial charge < -0.3 is 0 Å². The molecule has 1 aromatic heterocycles. The number of aromatic amines is 1. The van der Waals surface area contributed by atoms with Crippen LogP contribution in [0.25, 0.3) is 0 Å². The normalized spacial score (nSPS) is 12.4. The van der Waals surface area contributed by atoms with Crippen molar-refractivity contribution in [3.05, 3.63) is 11.9 Å². The summed E-state index contributed by atoms with van der Waals surface area (Å²) in [5, 5.41) is 13.1. The van der Waals surface area contributed by atoms with Gasteiger partial charge in [-0.05, 0) is 6.54 Å². The Morgan fingerprint density at radius 1 is 1.91 bits per heavy atom. The molecule has 1 aromatic rings. The van der Waals surface area contributed by atoms with Crippen LogP contribution in [0.15, 0.2) is 6.20 Å². The molecule has 1 rings (SSSR count). The van der Waals surface area contributed by atoms with Gasteiger partial charge in [0.25, 0.3) is 0 Å². The molecule has 2 N–H and O–H groups in total. The molecule has 0 amide bonds. The van der Waals surface area contributed by atoms with Crippen LogP contribution in [0.1, 0.15) is 18.7 Å². The summed E-state index contributed by atoms with van der Waals surface area (Å²) in [5.74, 6) is 2.57. The van der Waals surface area contributed by atoms with Gasteiger partial charge in [0, 0.05) is 0 Å². The number of H-pyrrole nitrogens is 1. The van der Waals surface area contributed by atoms with Crippen molar-refractivity contribution in [1.82, 2.24) is 20.7 Å². The average Bonchev–Trinajstić information content (AvgIpc) is 2.52. The summed E-state index contributed by atoms with van der Waals surface area (Å²) in [5.41, 5.74) is 0.759. The zero-order chi connectivity index (χ0) is 8.10. The predicted octanol–water partition coefficient (Wildman–Crippen LogP) is 0.0885. The van der Waals surface area contributed by atoms with E-state index >= 15 is 0 Å². The fourth-order valence-electron chi connectivity index (χ4n) is 0.803. The van der Waals surface area contributed by atoms with Crippen LogP contribution in [-0.4, -0.2) is 22.0 Å². The second-order valence-electron chi connectivity index (χ2n) is 2.05. The standard InChI is InChI=1S/C7H10N4/c1-3-6(8-4-2)7-5-9-11-10-7/h1,5-6,8H,4H2,2H3,(H,9,10,11). The van der Waals surface area contributed by atoms with Crippen molar-refractivity contribution >= 4 is 0 Å². The molecule has 0 aliphatic rings. The highest BCUT2D eigenvalue weighted by atomic mass is 15.3. The van der Waals surface area contributed by atoms with Gasteiger partial charge in [-0.1, -0.05) is 12.8 Å². The predicted molar refractivity (Wildman–Crippen MR) is 41.6 cm³/mol. The lowest BCUT2D eigenvalue weighted by atomic mass is 10.2. The van der Waals surface area contributed by atoms with Gasteiger partial charge in [-0.15, -0.1) is 6.42 Å². The molecule has 0 saturated heterocycles. The Bertz CT molecular complexity index is 233. The molecule has 0 aliphatic heterocycles. The Morgan fingerprint density at radius 3 is 3.18 bits per heavy atom. The number of hydrogen-bond acceptors (Lipinski definition) is 3. The molecule has 0 radical (unpaired) electrons. The van der Waals surface area contributed by atoms with Crippen LogP contribution < -0.4 is 5.32 Å². The summed E-state index contributed by atoms with van der Waals surface area (Å²) in [6.07, 6.45) is 6.87. The van der Waals surface area contributed by atoms with Gasteiger partial charge in [0.05, 0.1) is 6.20 Å². The molecule has 0 aromatic carbocycles. The Labute approximate surface area is 65.4 Å². The molecule has 0 fully saturated rings. The van der Waals surface area contributed by atoms with Crippen molar-refractivity contribution in [2.45, 2.75) is 13.0 Å². The van der Waals surface area contributed by atoms with Crippen LogP contribution in [0, 0.1) is 12.3 Å². The number of nitrogens with one attached hydrogen (secondary N) is 2. The molecule has 0 aliphatic carbocycles. The molecule has 0 bridgehead atoms. The molecule has 0 spiro atoms. The maximum absolute atomic E-state index is 5.26. The summed E-state index contributed by atoms with van der Waals surface area (Å²) in [6, 6.07) is -0.126. The second kappa shape index (κ2) is 3.74. The van der Waals surface area contributed by atoms with E-state index in [1.54, 1.807) is 6.20 Å².